The molecule has 5 heteroatoms. The molecule has 114 valence electrons. The summed E-state index contributed by atoms with van der Waals surface area (Å²) in [6.45, 7) is 2.13. The molecule has 2 aromatic rings. The molecule has 0 saturated heterocycles. The van der Waals surface area contributed by atoms with E-state index in [2.05, 4.69) is 0 Å². The summed E-state index contributed by atoms with van der Waals surface area (Å²) in [7, 11) is 0.319. The molecular weight excluding hydrogens is 300 g/mol. The minimum atomic E-state index is -1.23. The zero-order chi connectivity index (χ0) is 15.7. The molecule has 2 atom stereocenters. The number of hydrogen-bond acceptors (Lipinski definition) is 4. The van der Waals surface area contributed by atoms with Gasteiger partial charge < -0.3 is 9.47 Å². The summed E-state index contributed by atoms with van der Waals surface area (Å²) >= 11 is 0. The Labute approximate surface area is 131 Å². The minimum Gasteiger partial charge on any atom is -0.462 e. The van der Waals surface area contributed by atoms with E-state index in [1.807, 2.05) is 24.3 Å². The maximum atomic E-state index is 12.4. The summed E-state index contributed by atoms with van der Waals surface area (Å²) in [6, 6.07) is 9.20. The Balaban J connectivity index is 2.08. The van der Waals surface area contributed by atoms with E-state index in [1.54, 1.807) is 32.2 Å². The second-order valence-corrected chi connectivity index (χ2v) is 6.43. The Morgan fingerprint density at radius 3 is 2.77 bits per heavy atom. The van der Waals surface area contributed by atoms with Crippen LogP contribution >= 0.6 is 0 Å². The van der Waals surface area contributed by atoms with Gasteiger partial charge in [0.2, 0.25) is 0 Å². The zero-order valence-corrected chi connectivity index (χ0v) is 13.2. The standard InChI is InChI=1S/C17H16O4S/c1-3-21-17(18)13-5-4-11-10-15-12(8-14(11)9-13)6-7-16(20-2)22(15)19/h4-10,16H,3H2,1-2H3. The molecule has 0 aliphatic carbocycles. The number of rotatable bonds is 3. The third-order valence-electron chi connectivity index (χ3n) is 3.57. The molecular formula is C17H16O4S. The van der Waals surface area contributed by atoms with Crippen LogP contribution in [0.4, 0.5) is 0 Å². The Kier molecular flexibility index (Phi) is 4.09. The molecule has 0 aromatic heterocycles. The number of carbonyl (C=O) groups excluding carboxylic acids is 1. The summed E-state index contributed by atoms with van der Waals surface area (Å²) in [6.07, 6.45) is 3.70. The Morgan fingerprint density at radius 2 is 2.05 bits per heavy atom. The number of carbonyl (C=O) groups is 1. The van der Waals surface area contributed by atoms with Crippen LogP contribution in [0.1, 0.15) is 22.8 Å². The summed E-state index contributed by atoms with van der Waals surface area (Å²) in [5, 5.41) is 1.85. The second-order valence-electron chi connectivity index (χ2n) is 4.93. The predicted molar refractivity (Wildman–Crippen MR) is 86.1 cm³/mol. The molecule has 0 amide bonds. The van der Waals surface area contributed by atoms with Gasteiger partial charge in [-0.25, -0.2) is 4.79 Å². The number of fused-ring (bicyclic) bond motifs is 2. The molecule has 0 N–H and O–H groups in total. The third kappa shape index (κ3) is 2.58. The van der Waals surface area contributed by atoms with E-state index in [-0.39, 0.29) is 5.97 Å². The van der Waals surface area contributed by atoms with Gasteiger partial charge in [-0.2, -0.15) is 0 Å². The lowest BCUT2D eigenvalue weighted by atomic mass is 10.0. The molecule has 4 nitrogen and oxygen atoms in total. The number of benzene rings is 2. The van der Waals surface area contributed by atoms with Crippen molar-refractivity contribution in [2.45, 2.75) is 17.3 Å². The van der Waals surface area contributed by atoms with Crippen LogP contribution < -0.4 is 0 Å². The number of esters is 1. The average Bonchev–Trinajstić information content (AvgIpc) is 2.53. The number of methoxy groups -OCH3 is 1. The van der Waals surface area contributed by atoms with E-state index < -0.39 is 16.2 Å². The van der Waals surface area contributed by atoms with Gasteiger partial charge in [0.05, 0.1) is 23.0 Å². The predicted octanol–water partition coefficient (Wildman–Crippen LogP) is 3.12. The highest BCUT2D eigenvalue weighted by Gasteiger charge is 2.22. The SMILES string of the molecule is CCOC(=O)c1ccc2cc3c(cc2c1)C=CC(OC)S3=O. The van der Waals surface area contributed by atoms with Crippen LogP contribution in [-0.4, -0.2) is 29.3 Å². The fraction of sp³-hybridized carbons (Fsp3) is 0.235. The van der Waals surface area contributed by atoms with Crippen LogP contribution in [0.5, 0.6) is 0 Å². The third-order valence-corrected chi connectivity index (χ3v) is 5.13. The van der Waals surface area contributed by atoms with Crippen molar-refractivity contribution in [2.24, 2.45) is 0 Å². The highest BCUT2D eigenvalue weighted by atomic mass is 32.2. The molecule has 0 fully saturated rings. The molecule has 0 radical (unpaired) electrons. The van der Waals surface area contributed by atoms with Crippen molar-refractivity contribution in [3.63, 3.8) is 0 Å². The molecule has 1 heterocycles. The van der Waals surface area contributed by atoms with Gasteiger partial charge in [0.25, 0.3) is 0 Å². The first-order chi connectivity index (χ1) is 10.6. The lowest BCUT2D eigenvalue weighted by molar-refractivity contribution is 0.0526. The van der Waals surface area contributed by atoms with Crippen LogP contribution in [0, 0.1) is 0 Å². The van der Waals surface area contributed by atoms with Crippen LogP contribution in [0.3, 0.4) is 0 Å². The molecule has 22 heavy (non-hydrogen) atoms. The van der Waals surface area contributed by atoms with E-state index in [0.717, 1.165) is 21.2 Å². The summed E-state index contributed by atoms with van der Waals surface area (Å²) in [5.74, 6) is -0.333. The van der Waals surface area contributed by atoms with Gasteiger partial charge in [-0.3, -0.25) is 4.21 Å². The lowest BCUT2D eigenvalue weighted by Gasteiger charge is -2.18. The van der Waals surface area contributed by atoms with Crippen molar-refractivity contribution in [3.05, 3.63) is 47.5 Å². The molecule has 1 aliphatic heterocycles. The molecule has 3 rings (SSSR count). The maximum absolute atomic E-state index is 12.4. The van der Waals surface area contributed by atoms with Crippen molar-refractivity contribution >= 4 is 33.6 Å². The van der Waals surface area contributed by atoms with Crippen molar-refractivity contribution < 1.29 is 18.5 Å². The largest absolute Gasteiger partial charge is 0.462 e. The summed E-state index contributed by atoms with van der Waals surface area (Å²) < 4.78 is 22.6. The quantitative estimate of drug-likeness (QED) is 0.816. The minimum absolute atomic E-state index is 0.333. The Bertz CT molecular complexity index is 795. The monoisotopic (exact) mass is 316 g/mol. The molecule has 0 bridgehead atoms. The second kappa shape index (κ2) is 6.02. The average molecular weight is 316 g/mol. The normalized spacial score (nSPS) is 19.9. The Morgan fingerprint density at radius 1 is 1.23 bits per heavy atom. The van der Waals surface area contributed by atoms with Gasteiger partial charge >= 0.3 is 5.97 Å². The van der Waals surface area contributed by atoms with Crippen LogP contribution in [0.2, 0.25) is 0 Å². The van der Waals surface area contributed by atoms with Gasteiger partial charge in [-0.1, -0.05) is 12.1 Å². The first-order valence-corrected chi connectivity index (χ1v) is 8.22. The van der Waals surface area contributed by atoms with Crippen LogP contribution in [0.25, 0.3) is 16.8 Å². The molecule has 2 unspecified atom stereocenters. The van der Waals surface area contributed by atoms with E-state index in [1.165, 1.54) is 0 Å². The van der Waals surface area contributed by atoms with E-state index in [0.29, 0.717) is 12.2 Å². The molecule has 0 spiro atoms. The number of ether oxygens (including phenoxy) is 2. The molecule has 2 aromatic carbocycles. The Hall–Kier alpha value is -1.98. The van der Waals surface area contributed by atoms with E-state index in [9.17, 15) is 9.00 Å². The summed E-state index contributed by atoms with van der Waals surface area (Å²) in [4.78, 5) is 12.6. The van der Waals surface area contributed by atoms with Crippen molar-refractivity contribution in [2.75, 3.05) is 13.7 Å². The lowest BCUT2D eigenvalue weighted by Crippen LogP contribution is -2.18. The smallest absolute Gasteiger partial charge is 0.338 e. The van der Waals surface area contributed by atoms with Crippen LogP contribution in [-0.2, 0) is 20.3 Å². The highest BCUT2D eigenvalue weighted by molar-refractivity contribution is 7.85. The topological polar surface area (TPSA) is 52.6 Å². The van der Waals surface area contributed by atoms with E-state index in [4.69, 9.17) is 9.47 Å². The first kappa shape index (κ1) is 14.9. The fourth-order valence-corrected chi connectivity index (χ4v) is 3.73. The highest BCUT2D eigenvalue weighted by Crippen LogP contribution is 2.30. The van der Waals surface area contributed by atoms with Gasteiger partial charge in [-0.15, -0.1) is 0 Å². The van der Waals surface area contributed by atoms with Crippen LogP contribution in [0.15, 0.2) is 41.3 Å². The van der Waals surface area contributed by atoms with Crippen molar-refractivity contribution in [1.29, 1.82) is 0 Å². The van der Waals surface area contributed by atoms with Gasteiger partial charge in [-0.05, 0) is 53.6 Å². The fourth-order valence-electron chi connectivity index (χ4n) is 2.49. The van der Waals surface area contributed by atoms with Crippen molar-refractivity contribution in [3.8, 4) is 0 Å². The molecule has 0 saturated carbocycles. The molecule has 1 aliphatic rings. The first-order valence-electron chi connectivity index (χ1n) is 7.00. The van der Waals surface area contributed by atoms with E-state index >= 15 is 0 Å². The summed E-state index contributed by atoms with van der Waals surface area (Å²) in [5.41, 5.74) is 0.994. The van der Waals surface area contributed by atoms with Gasteiger partial charge in [0.15, 0.2) is 5.44 Å². The maximum Gasteiger partial charge on any atom is 0.338 e. The van der Waals surface area contributed by atoms with Crippen molar-refractivity contribution in [1.82, 2.24) is 0 Å². The van der Waals surface area contributed by atoms with Gasteiger partial charge in [0.1, 0.15) is 0 Å². The number of hydrogen-bond donors (Lipinski definition) is 0. The van der Waals surface area contributed by atoms with Gasteiger partial charge in [0, 0.05) is 12.0 Å². The zero-order valence-electron chi connectivity index (χ0n) is 12.4.